The van der Waals surface area contributed by atoms with Crippen LogP contribution in [0.1, 0.15) is 26.3 Å². The molecule has 0 amide bonds. The fourth-order valence-electron chi connectivity index (χ4n) is 3.05. The molecule has 0 fully saturated rings. The van der Waals surface area contributed by atoms with Crippen LogP contribution in [0.25, 0.3) is 11.1 Å². The first-order valence-corrected chi connectivity index (χ1v) is 9.79. The molecule has 2 rings (SSSR count). The van der Waals surface area contributed by atoms with Gasteiger partial charge in [0.25, 0.3) is 0 Å². The van der Waals surface area contributed by atoms with Crippen LogP contribution in [-0.4, -0.2) is 37.6 Å². The van der Waals surface area contributed by atoms with Crippen LogP contribution in [0.4, 0.5) is 5.69 Å². The maximum Gasteiger partial charge on any atom is 0.0514 e. The van der Waals surface area contributed by atoms with Gasteiger partial charge in [0.05, 0.1) is 10.0 Å². The highest BCUT2D eigenvalue weighted by molar-refractivity contribution is 6.37. The van der Waals surface area contributed by atoms with E-state index in [-0.39, 0.29) is 0 Å². The van der Waals surface area contributed by atoms with E-state index in [2.05, 4.69) is 48.8 Å². The Morgan fingerprint density at radius 3 is 2.16 bits per heavy atom. The molecule has 2 aromatic carbocycles. The second kappa shape index (κ2) is 9.47. The minimum Gasteiger partial charge on any atom is -0.370 e. The van der Waals surface area contributed by atoms with Crippen molar-refractivity contribution in [2.45, 2.75) is 27.7 Å². The molecule has 0 atom stereocenters. The number of halogens is 2. The van der Waals surface area contributed by atoms with Crippen molar-refractivity contribution in [2.75, 3.05) is 37.6 Å². The summed E-state index contributed by atoms with van der Waals surface area (Å²) in [6.07, 6.45) is 0. The van der Waals surface area contributed by atoms with Crippen molar-refractivity contribution in [1.82, 2.24) is 4.90 Å². The van der Waals surface area contributed by atoms with Crippen LogP contribution >= 0.6 is 23.2 Å². The molecule has 0 aliphatic rings. The number of anilines is 1. The van der Waals surface area contributed by atoms with Crippen LogP contribution in [-0.2, 0) is 0 Å². The molecular weight excluding hydrogens is 351 g/mol. The Balaban J connectivity index is 2.24. The molecule has 0 spiro atoms. The topological polar surface area (TPSA) is 6.48 Å². The first kappa shape index (κ1) is 20.1. The fraction of sp³-hybridized carbons (Fsp3) is 0.429. The summed E-state index contributed by atoms with van der Waals surface area (Å²) < 4.78 is 0. The van der Waals surface area contributed by atoms with E-state index in [1.807, 2.05) is 25.1 Å². The Morgan fingerprint density at radius 2 is 1.56 bits per heavy atom. The van der Waals surface area contributed by atoms with E-state index in [1.54, 1.807) is 0 Å². The van der Waals surface area contributed by atoms with Gasteiger partial charge in [-0.05, 0) is 44.6 Å². The van der Waals surface area contributed by atoms with E-state index >= 15 is 0 Å². The monoisotopic (exact) mass is 378 g/mol. The number of aryl methyl sites for hydroxylation is 1. The Labute approximate surface area is 162 Å². The Hall–Kier alpha value is -1.22. The highest BCUT2D eigenvalue weighted by atomic mass is 35.5. The smallest absolute Gasteiger partial charge is 0.0514 e. The quantitative estimate of drug-likeness (QED) is 0.544. The van der Waals surface area contributed by atoms with Crippen molar-refractivity contribution in [3.05, 3.63) is 52.0 Å². The predicted octanol–water partition coefficient (Wildman–Crippen LogP) is 6.14. The van der Waals surface area contributed by atoms with Gasteiger partial charge in [0.1, 0.15) is 0 Å². The summed E-state index contributed by atoms with van der Waals surface area (Å²) in [4.78, 5) is 4.80. The molecule has 0 bridgehead atoms. The molecule has 0 saturated carbocycles. The minimum atomic E-state index is 0.742. The lowest BCUT2D eigenvalue weighted by atomic mass is 10.0. The first-order chi connectivity index (χ1) is 12.0. The summed E-state index contributed by atoms with van der Waals surface area (Å²) >= 11 is 13.1. The predicted molar refractivity (Wildman–Crippen MR) is 112 cm³/mol. The maximum atomic E-state index is 6.61. The minimum absolute atomic E-state index is 0.742. The Kier molecular flexibility index (Phi) is 7.61. The van der Waals surface area contributed by atoms with Crippen LogP contribution in [0.2, 0.25) is 10.0 Å². The first-order valence-electron chi connectivity index (χ1n) is 9.04. The summed E-state index contributed by atoms with van der Waals surface area (Å²) in [5.74, 6) is 0. The standard InChI is InChI=1S/C21H28Cl2N2/c1-5-24(6-2)13-14-25(7-3)17-11-12-18(20(22)15-17)19-10-8-9-16(4)21(19)23/h8-12,15H,5-7,13-14H2,1-4H3. The van der Waals surface area contributed by atoms with Gasteiger partial charge >= 0.3 is 0 Å². The van der Waals surface area contributed by atoms with Crippen molar-refractivity contribution in [3.63, 3.8) is 0 Å². The summed E-state index contributed by atoms with van der Waals surface area (Å²) in [7, 11) is 0. The van der Waals surface area contributed by atoms with Gasteiger partial charge in [0.2, 0.25) is 0 Å². The number of hydrogen-bond donors (Lipinski definition) is 0. The molecule has 0 saturated heterocycles. The summed E-state index contributed by atoms with van der Waals surface area (Å²) in [5.41, 5.74) is 4.20. The lowest BCUT2D eigenvalue weighted by Crippen LogP contribution is -2.35. The molecule has 0 N–H and O–H groups in total. The second-order valence-corrected chi connectivity index (χ2v) is 6.99. The number of nitrogens with zero attached hydrogens (tertiary/aromatic N) is 2. The van der Waals surface area contributed by atoms with Gasteiger partial charge < -0.3 is 9.80 Å². The molecule has 2 nitrogen and oxygen atoms in total. The third kappa shape index (κ3) is 4.91. The maximum absolute atomic E-state index is 6.61. The molecule has 136 valence electrons. The molecule has 0 unspecified atom stereocenters. The molecule has 4 heteroatoms. The highest BCUT2D eigenvalue weighted by Crippen LogP contribution is 2.36. The summed E-state index contributed by atoms with van der Waals surface area (Å²) in [5, 5.41) is 1.51. The van der Waals surface area contributed by atoms with Crippen LogP contribution in [0.15, 0.2) is 36.4 Å². The van der Waals surface area contributed by atoms with Crippen molar-refractivity contribution in [3.8, 4) is 11.1 Å². The third-order valence-electron chi connectivity index (χ3n) is 4.76. The zero-order valence-electron chi connectivity index (χ0n) is 15.6. The molecule has 0 aliphatic carbocycles. The fourth-order valence-corrected chi connectivity index (χ4v) is 3.55. The van der Waals surface area contributed by atoms with Gasteiger partial charge in [-0.2, -0.15) is 0 Å². The van der Waals surface area contributed by atoms with E-state index in [4.69, 9.17) is 23.2 Å². The van der Waals surface area contributed by atoms with Gasteiger partial charge in [-0.15, -0.1) is 0 Å². The Morgan fingerprint density at radius 1 is 0.840 bits per heavy atom. The van der Waals surface area contributed by atoms with Crippen LogP contribution in [0.3, 0.4) is 0 Å². The molecule has 25 heavy (non-hydrogen) atoms. The number of benzene rings is 2. The van der Waals surface area contributed by atoms with Gasteiger partial charge in [-0.1, -0.05) is 61.3 Å². The normalized spacial score (nSPS) is 11.2. The molecule has 0 aliphatic heterocycles. The van der Waals surface area contributed by atoms with E-state index < -0.39 is 0 Å². The second-order valence-electron chi connectivity index (χ2n) is 6.21. The molecule has 0 radical (unpaired) electrons. The van der Waals surface area contributed by atoms with Crippen LogP contribution in [0.5, 0.6) is 0 Å². The molecule has 2 aromatic rings. The Bertz CT molecular complexity index is 696. The lowest BCUT2D eigenvalue weighted by molar-refractivity contribution is 0.310. The molecule has 0 heterocycles. The average molecular weight is 379 g/mol. The van der Waals surface area contributed by atoms with Crippen molar-refractivity contribution in [2.24, 2.45) is 0 Å². The van der Waals surface area contributed by atoms with Gasteiger partial charge in [-0.3, -0.25) is 0 Å². The third-order valence-corrected chi connectivity index (χ3v) is 5.58. The van der Waals surface area contributed by atoms with Crippen molar-refractivity contribution < 1.29 is 0 Å². The van der Waals surface area contributed by atoms with Crippen molar-refractivity contribution in [1.29, 1.82) is 0 Å². The van der Waals surface area contributed by atoms with E-state index in [9.17, 15) is 0 Å². The molecular formula is C21H28Cl2N2. The summed E-state index contributed by atoms with van der Waals surface area (Å²) in [6.45, 7) is 13.8. The van der Waals surface area contributed by atoms with Gasteiger partial charge in [-0.25, -0.2) is 0 Å². The van der Waals surface area contributed by atoms with E-state index in [0.29, 0.717) is 0 Å². The van der Waals surface area contributed by atoms with Crippen LogP contribution in [0, 0.1) is 6.92 Å². The van der Waals surface area contributed by atoms with Crippen molar-refractivity contribution >= 4 is 28.9 Å². The van der Waals surface area contributed by atoms with E-state index in [1.165, 1.54) is 0 Å². The summed E-state index contributed by atoms with van der Waals surface area (Å²) in [6, 6.07) is 12.3. The number of hydrogen-bond acceptors (Lipinski definition) is 2. The zero-order chi connectivity index (χ0) is 18.4. The SMILES string of the molecule is CCN(CC)CCN(CC)c1ccc(-c2cccc(C)c2Cl)c(Cl)c1. The van der Waals surface area contributed by atoms with Gasteiger partial charge in [0, 0.05) is 36.4 Å². The highest BCUT2D eigenvalue weighted by Gasteiger charge is 2.12. The van der Waals surface area contributed by atoms with Gasteiger partial charge in [0.15, 0.2) is 0 Å². The van der Waals surface area contributed by atoms with E-state index in [0.717, 1.165) is 65.1 Å². The zero-order valence-corrected chi connectivity index (χ0v) is 17.2. The number of rotatable bonds is 8. The molecule has 0 aromatic heterocycles. The number of likely N-dealkylation sites (N-methyl/N-ethyl adjacent to an activating group) is 2. The largest absolute Gasteiger partial charge is 0.370 e. The average Bonchev–Trinajstić information content (AvgIpc) is 2.62. The van der Waals surface area contributed by atoms with Crippen LogP contribution < -0.4 is 4.90 Å². The lowest BCUT2D eigenvalue weighted by Gasteiger charge is -2.27.